The molecule has 3 fully saturated rings. The summed E-state index contributed by atoms with van der Waals surface area (Å²) in [5, 5.41) is 2.88. The molecule has 26 heavy (non-hydrogen) atoms. The van der Waals surface area contributed by atoms with Crippen molar-refractivity contribution in [2.24, 2.45) is 5.92 Å². The van der Waals surface area contributed by atoms with E-state index in [-0.39, 0.29) is 29.9 Å². The van der Waals surface area contributed by atoms with E-state index in [0.29, 0.717) is 32.4 Å². The van der Waals surface area contributed by atoms with Gasteiger partial charge >= 0.3 is 0 Å². The standard InChI is InChI=1S/C19H24FN3O3/c20-13-9-12(10-13)19(25)23-8-6-16-15(23)4-5-17(26-16)18(24)22-11-14-3-1-2-7-21-14/h1-3,7,12-13,15-17H,4-6,8-11H2,(H,22,24)/t12?,13?,15-,16-,17-/m1/s1. The maximum Gasteiger partial charge on any atom is 0.249 e. The molecule has 2 amide bonds. The van der Waals surface area contributed by atoms with Crippen LogP contribution in [0.2, 0.25) is 0 Å². The minimum absolute atomic E-state index is 0.0287. The fraction of sp³-hybridized carbons (Fsp3) is 0.632. The van der Waals surface area contributed by atoms with Gasteiger partial charge in [-0.15, -0.1) is 0 Å². The largest absolute Gasteiger partial charge is 0.363 e. The van der Waals surface area contributed by atoms with E-state index in [4.69, 9.17) is 4.74 Å². The average molecular weight is 361 g/mol. The average Bonchev–Trinajstić information content (AvgIpc) is 3.07. The zero-order chi connectivity index (χ0) is 18.1. The number of pyridine rings is 1. The van der Waals surface area contributed by atoms with Crippen molar-refractivity contribution in [3.63, 3.8) is 0 Å². The molecule has 0 unspecified atom stereocenters. The molecule has 0 spiro atoms. The SMILES string of the molecule is O=C(NCc1ccccn1)[C@H]1CC[C@@H]2[C@@H](CCN2C(=O)C2CC(F)C2)O1. The zero-order valence-electron chi connectivity index (χ0n) is 14.6. The minimum atomic E-state index is -0.822. The number of ether oxygens (including phenoxy) is 1. The number of hydrogen-bond donors (Lipinski definition) is 1. The molecule has 1 N–H and O–H groups in total. The van der Waals surface area contributed by atoms with Gasteiger partial charge in [-0.3, -0.25) is 14.6 Å². The summed E-state index contributed by atoms with van der Waals surface area (Å²) in [6.07, 6.45) is 3.09. The first kappa shape index (κ1) is 17.4. The summed E-state index contributed by atoms with van der Waals surface area (Å²) in [6.45, 7) is 1.02. The quantitative estimate of drug-likeness (QED) is 0.884. The van der Waals surface area contributed by atoms with E-state index in [2.05, 4.69) is 10.3 Å². The maximum atomic E-state index is 13.0. The van der Waals surface area contributed by atoms with E-state index in [1.54, 1.807) is 6.20 Å². The Morgan fingerprint density at radius 1 is 1.27 bits per heavy atom. The minimum Gasteiger partial charge on any atom is -0.363 e. The van der Waals surface area contributed by atoms with Crippen molar-refractivity contribution >= 4 is 11.8 Å². The number of alkyl halides is 1. The highest BCUT2D eigenvalue weighted by Crippen LogP contribution is 2.37. The van der Waals surface area contributed by atoms with Crippen LogP contribution in [0.15, 0.2) is 24.4 Å². The van der Waals surface area contributed by atoms with Crippen molar-refractivity contribution in [1.29, 1.82) is 0 Å². The molecule has 0 aromatic carbocycles. The lowest BCUT2D eigenvalue weighted by molar-refractivity contribution is -0.151. The van der Waals surface area contributed by atoms with Crippen LogP contribution in [0.3, 0.4) is 0 Å². The van der Waals surface area contributed by atoms with Gasteiger partial charge in [0.2, 0.25) is 11.8 Å². The van der Waals surface area contributed by atoms with E-state index in [0.717, 1.165) is 18.5 Å². The summed E-state index contributed by atoms with van der Waals surface area (Å²) in [4.78, 5) is 31.0. The van der Waals surface area contributed by atoms with Crippen LogP contribution >= 0.6 is 0 Å². The van der Waals surface area contributed by atoms with E-state index in [1.807, 2.05) is 23.1 Å². The monoisotopic (exact) mass is 361 g/mol. The Bertz CT molecular complexity index is 665. The van der Waals surface area contributed by atoms with Crippen LogP contribution < -0.4 is 5.32 Å². The van der Waals surface area contributed by atoms with E-state index in [1.165, 1.54) is 0 Å². The molecule has 6 nitrogen and oxygen atoms in total. The molecule has 3 aliphatic rings. The first-order valence-corrected chi connectivity index (χ1v) is 9.39. The third-order valence-electron chi connectivity index (χ3n) is 5.72. The smallest absolute Gasteiger partial charge is 0.249 e. The van der Waals surface area contributed by atoms with Crippen molar-refractivity contribution in [1.82, 2.24) is 15.2 Å². The van der Waals surface area contributed by atoms with Crippen molar-refractivity contribution < 1.29 is 18.7 Å². The van der Waals surface area contributed by atoms with E-state index in [9.17, 15) is 14.0 Å². The molecule has 3 atom stereocenters. The number of nitrogens with zero attached hydrogens (tertiary/aromatic N) is 2. The Hall–Kier alpha value is -2.02. The van der Waals surface area contributed by atoms with Crippen LogP contribution in [0.4, 0.5) is 4.39 Å². The lowest BCUT2D eigenvalue weighted by Gasteiger charge is -2.38. The van der Waals surface area contributed by atoms with Crippen LogP contribution in [0.25, 0.3) is 0 Å². The van der Waals surface area contributed by atoms with Gasteiger partial charge in [-0.1, -0.05) is 6.07 Å². The molecule has 0 bridgehead atoms. The molecular weight excluding hydrogens is 337 g/mol. The molecule has 3 heterocycles. The number of halogens is 1. The summed E-state index contributed by atoms with van der Waals surface area (Å²) in [6, 6.07) is 5.61. The van der Waals surface area contributed by atoms with Crippen molar-refractivity contribution in [3.8, 4) is 0 Å². The third kappa shape index (κ3) is 3.45. The highest BCUT2D eigenvalue weighted by Gasteiger charge is 2.46. The summed E-state index contributed by atoms with van der Waals surface area (Å²) in [7, 11) is 0. The van der Waals surface area contributed by atoms with Crippen LogP contribution in [0.1, 0.15) is 37.8 Å². The van der Waals surface area contributed by atoms with Crippen molar-refractivity contribution in [3.05, 3.63) is 30.1 Å². The van der Waals surface area contributed by atoms with Gasteiger partial charge in [0.25, 0.3) is 0 Å². The predicted octanol–water partition coefficient (Wildman–Crippen LogP) is 1.59. The molecule has 7 heteroatoms. The Morgan fingerprint density at radius 3 is 2.85 bits per heavy atom. The maximum absolute atomic E-state index is 13.0. The Kier molecular flexibility index (Phi) is 4.89. The lowest BCUT2D eigenvalue weighted by Crippen LogP contribution is -2.51. The first-order valence-electron chi connectivity index (χ1n) is 9.39. The Morgan fingerprint density at radius 2 is 2.12 bits per heavy atom. The first-order chi connectivity index (χ1) is 12.6. The Labute approximate surface area is 152 Å². The summed E-state index contributed by atoms with van der Waals surface area (Å²) < 4.78 is 19.0. The molecule has 4 rings (SSSR count). The van der Waals surface area contributed by atoms with Gasteiger partial charge in [0.05, 0.1) is 24.4 Å². The van der Waals surface area contributed by atoms with Crippen LogP contribution in [-0.4, -0.2) is 52.7 Å². The highest BCUT2D eigenvalue weighted by atomic mass is 19.1. The summed E-state index contributed by atoms with van der Waals surface area (Å²) >= 11 is 0. The number of fused-ring (bicyclic) bond motifs is 1. The second-order valence-corrected chi connectivity index (χ2v) is 7.43. The fourth-order valence-electron chi connectivity index (χ4n) is 4.17. The molecule has 0 radical (unpaired) electrons. The highest BCUT2D eigenvalue weighted by molar-refractivity contribution is 5.82. The molecule has 1 aromatic rings. The van der Waals surface area contributed by atoms with Crippen LogP contribution in [0, 0.1) is 5.92 Å². The summed E-state index contributed by atoms with van der Waals surface area (Å²) in [5.41, 5.74) is 0.804. The lowest BCUT2D eigenvalue weighted by atomic mass is 9.82. The summed E-state index contributed by atoms with van der Waals surface area (Å²) in [5.74, 6) is -0.227. The predicted molar refractivity (Wildman–Crippen MR) is 91.7 cm³/mol. The molecule has 2 saturated heterocycles. The Balaban J connectivity index is 1.28. The van der Waals surface area contributed by atoms with Crippen LogP contribution in [-0.2, 0) is 20.9 Å². The van der Waals surface area contributed by atoms with Gasteiger partial charge in [0, 0.05) is 18.7 Å². The topological polar surface area (TPSA) is 71.5 Å². The van der Waals surface area contributed by atoms with E-state index < -0.39 is 12.3 Å². The van der Waals surface area contributed by atoms with Crippen molar-refractivity contribution in [2.45, 2.75) is 63.1 Å². The van der Waals surface area contributed by atoms with E-state index >= 15 is 0 Å². The number of amides is 2. The van der Waals surface area contributed by atoms with Gasteiger partial charge in [0.15, 0.2) is 0 Å². The second kappa shape index (κ2) is 7.31. The molecular formula is C19H24FN3O3. The number of hydrogen-bond acceptors (Lipinski definition) is 4. The number of rotatable bonds is 4. The van der Waals surface area contributed by atoms with Crippen molar-refractivity contribution in [2.75, 3.05) is 6.54 Å². The zero-order valence-corrected chi connectivity index (χ0v) is 14.6. The number of likely N-dealkylation sites (tertiary alicyclic amines) is 1. The molecule has 1 aromatic heterocycles. The van der Waals surface area contributed by atoms with Gasteiger partial charge in [-0.2, -0.15) is 0 Å². The number of aromatic nitrogens is 1. The second-order valence-electron chi connectivity index (χ2n) is 7.43. The number of nitrogens with one attached hydrogen (secondary N) is 1. The van der Waals surface area contributed by atoms with Gasteiger partial charge < -0.3 is 15.0 Å². The fourth-order valence-corrected chi connectivity index (χ4v) is 4.17. The van der Waals surface area contributed by atoms with Crippen LogP contribution in [0.5, 0.6) is 0 Å². The number of carbonyl (C=O) groups is 2. The third-order valence-corrected chi connectivity index (χ3v) is 5.72. The number of carbonyl (C=O) groups excluding carboxylic acids is 2. The van der Waals surface area contributed by atoms with Gasteiger partial charge in [-0.05, 0) is 44.2 Å². The molecule has 1 aliphatic carbocycles. The molecule has 2 aliphatic heterocycles. The molecule has 140 valence electrons. The van der Waals surface area contributed by atoms with Gasteiger partial charge in [-0.25, -0.2) is 4.39 Å². The van der Waals surface area contributed by atoms with Gasteiger partial charge in [0.1, 0.15) is 12.3 Å². The molecule has 1 saturated carbocycles. The normalized spacial score (nSPS) is 33.3.